The van der Waals surface area contributed by atoms with Crippen molar-refractivity contribution in [2.75, 3.05) is 0 Å². The van der Waals surface area contributed by atoms with Gasteiger partial charge in [0.1, 0.15) is 0 Å². The Balaban J connectivity index is 2.20. The maximum atomic E-state index is 4.51. The maximum absolute atomic E-state index is 4.51. The van der Waals surface area contributed by atoms with Crippen LogP contribution < -0.4 is 5.59 Å². The minimum Gasteiger partial charge on any atom is -0.272 e. The first-order chi connectivity index (χ1) is 9.60. The molecule has 0 bridgehead atoms. The van der Waals surface area contributed by atoms with Gasteiger partial charge in [0.15, 0.2) is 7.85 Å². The normalized spacial score (nSPS) is 15.1. The van der Waals surface area contributed by atoms with E-state index in [1.54, 1.807) is 0 Å². The van der Waals surface area contributed by atoms with Crippen molar-refractivity contribution >= 4 is 24.2 Å². The molecule has 0 amide bonds. The molecule has 4 rings (SSSR count). The van der Waals surface area contributed by atoms with E-state index < -0.39 is 0 Å². The SMILES string of the molecule is Bc1nccc2c1C(C)(C)c1c-2ccc2ccccc12. The van der Waals surface area contributed by atoms with Crippen molar-refractivity contribution < 1.29 is 0 Å². The zero-order chi connectivity index (χ0) is 13.9. The Bertz CT molecular complexity index is 849. The minimum atomic E-state index is 0.0177. The number of rotatable bonds is 0. The molecule has 0 aliphatic heterocycles. The summed E-state index contributed by atoms with van der Waals surface area (Å²) >= 11 is 0. The predicted octanol–water partition coefficient (Wildman–Crippen LogP) is 2.80. The van der Waals surface area contributed by atoms with Gasteiger partial charge in [-0.3, -0.25) is 4.98 Å². The second-order valence-corrected chi connectivity index (χ2v) is 6.15. The number of aromatic nitrogens is 1. The summed E-state index contributed by atoms with van der Waals surface area (Å²) in [6.07, 6.45) is 1.93. The lowest BCUT2D eigenvalue weighted by Crippen LogP contribution is -2.26. The van der Waals surface area contributed by atoms with Crippen LogP contribution >= 0.6 is 0 Å². The second-order valence-electron chi connectivity index (χ2n) is 6.15. The van der Waals surface area contributed by atoms with E-state index in [9.17, 15) is 0 Å². The third-order valence-corrected chi connectivity index (χ3v) is 4.61. The molecule has 0 fully saturated rings. The number of benzene rings is 2. The first kappa shape index (κ1) is 11.7. The highest BCUT2D eigenvalue weighted by molar-refractivity contribution is 6.32. The summed E-state index contributed by atoms with van der Waals surface area (Å²) in [6, 6.07) is 15.3. The van der Waals surface area contributed by atoms with Crippen molar-refractivity contribution in [3.63, 3.8) is 0 Å². The molecule has 1 aliphatic rings. The van der Waals surface area contributed by atoms with Gasteiger partial charge in [0, 0.05) is 11.6 Å². The maximum Gasteiger partial charge on any atom is 0.164 e. The Morgan fingerprint density at radius 1 is 0.900 bits per heavy atom. The lowest BCUT2D eigenvalue weighted by atomic mass is 9.76. The Morgan fingerprint density at radius 2 is 1.65 bits per heavy atom. The van der Waals surface area contributed by atoms with Gasteiger partial charge >= 0.3 is 0 Å². The number of pyridine rings is 1. The van der Waals surface area contributed by atoms with Gasteiger partial charge in [-0.05, 0) is 44.7 Å². The molecule has 0 radical (unpaired) electrons. The molecule has 0 N–H and O–H groups in total. The Morgan fingerprint density at radius 3 is 2.50 bits per heavy atom. The van der Waals surface area contributed by atoms with Gasteiger partial charge in [-0.1, -0.05) is 50.2 Å². The number of fused-ring (bicyclic) bond motifs is 5. The summed E-state index contributed by atoms with van der Waals surface area (Å²) < 4.78 is 0. The lowest BCUT2D eigenvalue weighted by molar-refractivity contribution is 0.668. The zero-order valence-electron chi connectivity index (χ0n) is 12.1. The molecule has 0 spiro atoms. The summed E-state index contributed by atoms with van der Waals surface area (Å²) in [5.41, 5.74) is 6.71. The van der Waals surface area contributed by atoms with E-state index in [1.165, 1.54) is 33.0 Å². The van der Waals surface area contributed by atoms with Crippen molar-refractivity contribution in [1.29, 1.82) is 0 Å². The average Bonchev–Trinajstić information content (AvgIpc) is 2.69. The molecule has 2 aromatic carbocycles. The van der Waals surface area contributed by atoms with Gasteiger partial charge < -0.3 is 0 Å². The Hall–Kier alpha value is -2.09. The predicted molar refractivity (Wildman–Crippen MR) is 87.5 cm³/mol. The number of hydrogen-bond acceptors (Lipinski definition) is 1. The molecule has 20 heavy (non-hydrogen) atoms. The fourth-order valence-corrected chi connectivity index (χ4v) is 3.87. The molecule has 0 atom stereocenters. The Labute approximate surface area is 120 Å². The first-order valence-corrected chi connectivity index (χ1v) is 7.09. The Kier molecular flexibility index (Phi) is 2.18. The van der Waals surface area contributed by atoms with Crippen LogP contribution in [0.3, 0.4) is 0 Å². The molecule has 1 heterocycles. The lowest BCUT2D eigenvalue weighted by Gasteiger charge is -2.24. The summed E-state index contributed by atoms with van der Waals surface area (Å²) in [4.78, 5) is 4.51. The van der Waals surface area contributed by atoms with Crippen LogP contribution in [-0.4, -0.2) is 12.8 Å². The van der Waals surface area contributed by atoms with Crippen LogP contribution in [0.4, 0.5) is 0 Å². The van der Waals surface area contributed by atoms with Crippen LogP contribution in [0, 0.1) is 0 Å². The fraction of sp³-hybridized carbons (Fsp3) is 0.167. The molecule has 3 aromatic rings. The van der Waals surface area contributed by atoms with Crippen molar-refractivity contribution in [3.8, 4) is 11.1 Å². The summed E-state index contributed by atoms with van der Waals surface area (Å²) in [7, 11) is 2.12. The minimum absolute atomic E-state index is 0.0177. The third-order valence-electron chi connectivity index (χ3n) is 4.61. The van der Waals surface area contributed by atoms with Gasteiger partial charge in [-0.15, -0.1) is 0 Å². The van der Waals surface area contributed by atoms with E-state index in [2.05, 4.69) is 69.1 Å². The molecule has 96 valence electrons. The van der Waals surface area contributed by atoms with E-state index >= 15 is 0 Å². The summed E-state index contributed by atoms with van der Waals surface area (Å²) in [5.74, 6) is 0. The summed E-state index contributed by atoms with van der Waals surface area (Å²) in [5, 5.41) is 2.68. The highest BCUT2D eigenvalue weighted by Crippen LogP contribution is 2.49. The van der Waals surface area contributed by atoms with E-state index in [4.69, 9.17) is 0 Å². The molecule has 1 aromatic heterocycles. The second kappa shape index (κ2) is 3.72. The van der Waals surface area contributed by atoms with Crippen LogP contribution in [0.2, 0.25) is 0 Å². The third kappa shape index (κ3) is 1.31. The molecule has 0 saturated heterocycles. The van der Waals surface area contributed by atoms with Crippen LogP contribution in [0.15, 0.2) is 48.7 Å². The van der Waals surface area contributed by atoms with Crippen LogP contribution in [0.25, 0.3) is 21.9 Å². The number of nitrogens with zero attached hydrogens (tertiary/aromatic N) is 1. The molecular weight excluding hydrogens is 241 g/mol. The summed E-state index contributed by atoms with van der Waals surface area (Å²) in [6.45, 7) is 4.64. The quantitative estimate of drug-likeness (QED) is 0.564. The average molecular weight is 257 g/mol. The van der Waals surface area contributed by atoms with Crippen molar-refractivity contribution in [1.82, 2.24) is 4.98 Å². The van der Waals surface area contributed by atoms with E-state index in [0.29, 0.717) is 0 Å². The standard InChI is InChI=1S/C18H16BN/c1-18(2)15-12-6-4-3-5-11(12)7-8-13(15)14-9-10-20-17(19)16(14)18/h3-10H,19H2,1-2H3. The van der Waals surface area contributed by atoms with Gasteiger partial charge in [-0.25, -0.2) is 0 Å². The molecule has 1 aliphatic carbocycles. The van der Waals surface area contributed by atoms with Crippen LogP contribution in [-0.2, 0) is 5.41 Å². The van der Waals surface area contributed by atoms with Gasteiger partial charge in [-0.2, -0.15) is 0 Å². The monoisotopic (exact) mass is 257 g/mol. The van der Waals surface area contributed by atoms with Crippen LogP contribution in [0.5, 0.6) is 0 Å². The highest BCUT2D eigenvalue weighted by atomic mass is 14.7. The first-order valence-electron chi connectivity index (χ1n) is 7.09. The van der Waals surface area contributed by atoms with E-state index in [1.807, 2.05) is 6.20 Å². The van der Waals surface area contributed by atoms with Gasteiger partial charge in [0.05, 0.1) is 0 Å². The van der Waals surface area contributed by atoms with Crippen molar-refractivity contribution in [3.05, 3.63) is 59.8 Å². The fourth-order valence-electron chi connectivity index (χ4n) is 3.87. The molecular formula is C18H16BN. The number of hydrogen-bond donors (Lipinski definition) is 0. The van der Waals surface area contributed by atoms with Crippen LogP contribution in [0.1, 0.15) is 25.0 Å². The zero-order valence-corrected chi connectivity index (χ0v) is 12.1. The molecule has 0 saturated carbocycles. The molecule has 2 heteroatoms. The largest absolute Gasteiger partial charge is 0.272 e. The van der Waals surface area contributed by atoms with E-state index in [0.717, 1.165) is 5.59 Å². The van der Waals surface area contributed by atoms with Gasteiger partial charge in [0.2, 0.25) is 0 Å². The van der Waals surface area contributed by atoms with Crippen molar-refractivity contribution in [2.45, 2.75) is 19.3 Å². The van der Waals surface area contributed by atoms with E-state index in [-0.39, 0.29) is 5.41 Å². The topological polar surface area (TPSA) is 12.9 Å². The smallest absolute Gasteiger partial charge is 0.164 e. The molecule has 0 unspecified atom stereocenters. The van der Waals surface area contributed by atoms with Gasteiger partial charge in [0.25, 0.3) is 0 Å². The van der Waals surface area contributed by atoms with Crippen molar-refractivity contribution in [2.24, 2.45) is 0 Å². The molecule has 1 nitrogen and oxygen atoms in total. The highest BCUT2D eigenvalue weighted by Gasteiger charge is 2.37.